The number of nitrogens with zero attached hydrogens (tertiary/aromatic N) is 4. The predicted molar refractivity (Wildman–Crippen MR) is 80.1 cm³/mol. The van der Waals surface area contributed by atoms with Crippen molar-refractivity contribution in [2.75, 3.05) is 24.2 Å². The van der Waals surface area contributed by atoms with E-state index >= 15 is 0 Å². The van der Waals surface area contributed by atoms with Crippen LogP contribution in [0.25, 0.3) is 0 Å². The molecule has 7 nitrogen and oxygen atoms in total. The average molecular weight is 302 g/mol. The van der Waals surface area contributed by atoms with Crippen LogP contribution in [0.3, 0.4) is 0 Å². The van der Waals surface area contributed by atoms with E-state index in [0.29, 0.717) is 17.0 Å². The smallest absolute Gasteiger partial charge is 0.256 e. The van der Waals surface area contributed by atoms with Gasteiger partial charge in [-0.05, 0) is 0 Å². The molecule has 0 saturated heterocycles. The molecule has 3 N–H and O–H groups in total. The Bertz CT molecular complexity index is 740. The van der Waals surface area contributed by atoms with Crippen LogP contribution in [-0.4, -0.2) is 29.1 Å². The Labute approximate surface area is 125 Å². The van der Waals surface area contributed by atoms with Gasteiger partial charge in [-0.2, -0.15) is 5.26 Å². The van der Waals surface area contributed by atoms with Crippen LogP contribution in [0.1, 0.15) is 21.1 Å². The van der Waals surface area contributed by atoms with Crippen LogP contribution in [0, 0.1) is 11.3 Å². The number of hydrogen-bond donors (Lipinski definition) is 2. The molecule has 3 heterocycles. The number of aromatic nitrogens is 2. The topological polar surface area (TPSA) is 100.0 Å². The third-order valence-corrected chi connectivity index (χ3v) is 4.69. The van der Waals surface area contributed by atoms with Gasteiger partial charge in [-0.25, -0.2) is 4.98 Å². The molecule has 108 valence electrons. The summed E-state index contributed by atoms with van der Waals surface area (Å²) in [4.78, 5) is 18.8. The fraction of sp³-hybridized carbons (Fsp3) is 0.308. The number of hydrogen-bond acceptors (Lipinski definition) is 6. The second kappa shape index (κ2) is 5.10. The van der Waals surface area contributed by atoms with Gasteiger partial charge in [0.2, 0.25) is 0 Å². The molecule has 0 spiro atoms. The molecular weight excluding hydrogens is 288 g/mol. The average Bonchev–Trinajstić information content (AvgIpc) is 3.09. The minimum Gasteiger partial charge on any atom is -0.396 e. The van der Waals surface area contributed by atoms with Gasteiger partial charge in [-0.3, -0.25) is 4.79 Å². The van der Waals surface area contributed by atoms with Crippen molar-refractivity contribution < 1.29 is 4.79 Å². The van der Waals surface area contributed by atoms with E-state index in [4.69, 9.17) is 11.0 Å². The lowest BCUT2D eigenvalue weighted by molar-refractivity contribution is 0.0964. The van der Waals surface area contributed by atoms with E-state index in [9.17, 15) is 4.79 Å². The molecular formula is C13H14N6OS. The van der Waals surface area contributed by atoms with E-state index in [2.05, 4.69) is 25.8 Å². The van der Waals surface area contributed by atoms with E-state index in [1.807, 2.05) is 6.20 Å². The number of nitrogens with two attached hydrogens (primary N) is 1. The highest BCUT2D eigenvalue weighted by atomic mass is 32.1. The summed E-state index contributed by atoms with van der Waals surface area (Å²) in [6.07, 6.45) is 3.71. The summed E-state index contributed by atoms with van der Waals surface area (Å²) in [6, 6.07) is 2.05. The van der Waals surface area contributed by atoms with Gasteiger partial charge >= 0.3 is 0 Å². The lowest BCUT2D eigenvalue weighted by Gasteiger charge is -2.29. The number of rotatable bonds is 2. The lowest BCUT2D eigenvalue weighted by Crippen LogP contribution is -2.34. The number of amides is 1. The van der Waals surface area contributed by atoms with Crippen LogP contribution in [0.5, 0.6) is 0 Å². The van der Waals surface area contributed by atoms with Crippen LogP contribution in [0.4, 0.5) is 10.7 Å². The Balaban J connectivity index is 2.03. The maximum Gasteiger partial charge on any atom is 0.256 e. The Kier molecular flexibility index (Phi) is 3.27. The molecule has 0 radical (unpaired) electrons. The van der Waals surface area contributed by atoms with Crippen LogP contribution < -0.4 is 16.0 Å². The maximum atomic E-state index is 12.1. The molecule has 1 aliphatic heterocycles. The summed E-state index contributed by atoms with van der Waals surface area (Å²) in [5.41, 5.74) is 6.60. The zero-order valence-electron chi connectivity index (χ0n) is 11.5. The van der Waals surface area contributed by atoms with E-state index in [1.54, 1.807) is 13.2 Å². The van der Waals surface area contributed by atoms with Crippen LogP contribution >= 0.6 is 11.3 Å². The van der Waals surface area contributed by atoms with Gasteiger partial charge in [0.15, 0.2) is 0 Å². The maximum absolute atomic E-state index is 12.1. The SMILES string of the molecule is CNC(=O)c1c(N2CCn3ccnc3C2)sc(C#N)c1N. The third kappa shape index (κ3) is 2.11. The van der Waals surface area contributed by atoms with Crippen molar-refractivity contribution in [3.05, 3.63) is 28.7 Å². The number of imidazole rings is 1. The number of carbonyl (C=O) groups excluding carboxylic acids is 1. The number of nitrogen functional groups attached to an aromatic ring is 1. The fourth-order valence-corrected chi connectivity index (χ4v) is 3.47. The largest absolute Gasteiger partial charge is 0.396 e. The first kappa shape index (κ1) is 13.5. The summed E-state index contributed by atoms with van der Waals surface area (Å²) >= 11 is 1.26. The predicted octanol–water partition coefficient (Wildman–Crippen LogP) is 0.778. The van der Waals surface area contributed by atoms with Gasteiger partial charge in [-0.1, -0.05) is 0 Å². The number of fused-ring (bicyclic) bond motifs is 1. The zero-order valence-corrected chi connectivity index (χ0v) is 12.3. The van der Waals surface area contributed by atoms with Crippen molar-refractivity contribution in [2.45, 2.75) is 13.1 Å². The van der Waals surface area contributed by atoms with Crippen molar-refractivity contribution in [3.8, 4) is 6.07 Å². The van der Waals surface area contributed by atoms with E-state index in [0.717, 1.165) is 23.9 Å². The van der Waals surface area contributed by atoms with Crippen molar-refractivity contribution >= 4 is 27.9 Å². The van der Waals surface area contributed by atoms with Crippen molar-refractivity contribution in [1.82, 2.24) is 14.9 Å². The first-order valence-corrected chi connectivity index (χ1v) is 7.26. The Morgan fingerprint density at radius 3 is 3.10 bits per heavy atom. The van der Waals surface area contributed by atoms with Gasteiger partial charge < -0.3 is 20.5 Å². The highest BCUT2D eigenvalue weighted by molar-refractivity contribution is 7.17. The van der Waals surface area contributed by atoms with Crippen molar-refractivity contribution in [3.63, 3.8) is 0 Å². The first-order chi connectivity index (χ1) is 10.2. The fourth-order valence-electron chi connectivity index (χ4n) is 2.43. The molecule has 3 rings (SSSR count). The summed E-state index contributed by atoms with van der Waals surface area (Å²) in [5, 5.41) is 12.5. The minimum absolute atomic E-state index is 0.255. The number of thiophene rings is 1. The van der Waals surface area contributed by atoms with Crippen molar-refractivity contribution in [2.24, 2.45) is 0 Å². The molecule has 0 unspecified atom stereocenters. The monoisotopic (exact) mass is 302 g/mol. The zero-order chi connectivity index (χ0) is 15.0. The third-order valence-electron chi connectivity index (χ3n) is 3.51. The van der Waals surface area contributed by atoms with Crippen LogP contribution in [0.2, 0.25) is 0 Å². The molecule has 2 aromatic rings. The van der Waals surface area contributed by atoms with Gasteiger partial charge in [0, 0.05) is 32.5 Å². The summed E-state index contributed by atoms with van der Waals surface area (Å²) < 4.78 is 2.08. The van der Waals surface area contributed by atoms with Crippen molar-refractivity contribution in [1.29, 1.82) is 5.26 Å². The Morgan fingerprint density at radius 2 is 2.38 bits per heavy atom. The highest BCUT2D eigenvalue weighted by Gasteiger charge is 2.27. The van der Waals surface area contributed by atoms with Gasteiger partial charge in [0.25, 0.3) is 5.91 Å². The second-order valence-electron chi connectivity index (χ2n) is 4.67. The second-order valence-corrected chi connectivity index (χ2v) is 5.67. The van der Waals surface area contributed by atoms with Crippen LogP contribution in [-0.2, 0) is 13.1 Å². The Hall–Kier alpha value is -2.53. The molecule has 2 aromatic heterocycles. The number of nitrogens with one attached hydrogen (secondary N) is 1. The molecule has 1 aliphatic rings. The molecule has 21 heavy (non-hydrogen) atoms. The van der Waals surface area contributed by atoms with E-state index in [1.165, 1.54) is 11.3 Å². The standard InChI is InChI=1S/C13H14N6OS/c1-16-12(20)10-11(15)8(6-14)21-13(10)19-5-4-18-3-2-17-9(18)7-19/h2-3H,4-5,7,15H2,1H3,(H,16,20). The highest BCUT2D eigenvalue weighted by Crippen LogP contribution is 2.39. The molecule has 0 atom stereocenters. The molecule has 0 saturated carbocycles. The summed E-state index contributed by atoms with van der Waals surface area (Å²) in [5.74, 6) is 0.670. The Morgan fingerprint density at radius 1 is 1.57 bits per heavy atom. The van der Waals surface area contributed by atoms with E-state index < -0.39 is 0 Å². The quantitative estimate of drug-likeness (QED) is 0.854. The number of carbonyl (C=O) groups is 1. The molecule has 8 heteroatoms. The molecule has 1 amide bonds. The van der Waals surface area contributed by atoms with Gasteiger partial charge in [-0.15, -0.1) is 11.3 Å². The summed E-state index contributed by atoms with van der Waals surface area (Å²) in [7, 11) is 1.55. The molecule has 0 bridgehead atoms. The summed E-state index contributed by atoms with van der Waals surface area (Å²) in [6.45, 7) is 2.14. The number of anilines is 2. The normalized spacial score (nSPS) is 13.6. The molecule has 0 fully saturated rings. The lowest BCUT2D eigenvalue weighted by atomic mass is 10.2. The first-order valence-electron chi connectivity index (χ1n) is 6.45. The van der Waals surface area contributed by atoms with E-state index in [-0.39, 0.29) is 11.6 Å². The number of nitriles is 1. The molecule has 0 aliphatic carbocycles. The van der Waals surface area contributed by atoms with Gasteiger partial charge in [0.1, 0.15) is 21.8 Å². The minimum atomic E-state index is -0.269. The van der Waals surface area contributed by atoms with Gasteiger partial charge in [0.05, 0.1) is 17.8 Å². The van der Waals surface area contributed by atoms with Crippen LogP contribution in [0.15, 0.2) is 12.4 Å². The molecule has 0 aromatic carbocycles.